The highest BCUT2D eigenvalue weighted by Gasteiger charge is 2.07. The third kappa shape index (κ3) is 4.99. The maximum Gasteiger partial charge on any atom is 0.271 e. The Labute approximate surface area is 182 Å². The minimum atomic E-state index is -0.411. The molecule has 6 nitrogen and oxygen atoms in total. The number of carbonyl (C=O) groups excluding carboxylic acids is 1. The first-order chi connectivity index (χ1) is 15.1. The Kier molecular flexibility index (Phi) is 6.10. The number of halogens is 1. The van der Waals surface area contributed by atoms with E-state index in [1.165, 1.54) is 12.5 Å². The molecule has 1 aromatic heterocycles. The van der Waals surface area contributed by atoms with Crippen molar-refractivity contribution in [2.45, 2.75) is 6.61 Å². The molecule has 0 radical (unpaired) electrons. The number of benzene rings is 3. The average Bonchev–Trinajstić information content (AvgIpc) is 2.80. The number of carbonyl (C=O) groups is 1. The lowest BCUT2D eigenvalue weighted by Crippen LogP contribution is -2.18. The number of fused-ring (bicyclic) bond motifs is 1. The monoisotopic (exact) mass is 432 g/mol. The van der Waals surface area contributed by atoms with E-state index in [9.17, 15) is 9.59 Å². The van der Waals surface area contributed by atoms with Crippen LogP contribution >= 0.6 is 11.6 Å². The first kappa shape index (κ1) is 20.4. The summed E-state index contributed by atoms with van der Waals surface area (Å²) in [6.45, 7) is 0.390. The number of ether oxygens (including phenoxy) is 1. The molecule has 154 valence electrons. The van der Waals surface area contributed by atoms with Crippen LogP contribution in [0.5, 0.6) is 5.75 Å². The van der Waals surface area contributed by atoms with E-state index in [1.807, 2.05) is 12.1 Å². The lowest BCUT2D eigenvalue weighted by molar-refractivity contribution is 0.0955. The van der Waals surface area contributed by atoms with Gasteiger partial charge in [-0.1, -0.05) is 35.9 Å². The molecule has 0 saturated heterocycles. The molecule has 4 aromatic rings. The van der Waals surface area contributed by atoms with Crippen LogP contribution in [0.3, 0.4) is 0 Å². The summed E-state index contributed by atoms with van der Waals surface area (Å²) < 4.78 is 11.1. The summed E-state index contributed by atoms with van der Waals surface area (Å²) in [6.07, 6.45) is 2.58. The quantitative estimate of drug-likeness (QED) is 0.351. The number of para-hydroxylation sites is 1. The molecule has 0 unspecified atom stereocenters. The molecule has 0 fully saturated rings. The largest absolute Gasteiger partial charge is 0.489 e. The molecule has 0 saturated carbocycles. The highest BCUT2D eigenvalue weighted by atomic mass is 35.5. The van der Waals surface area contributed by atoms with Crippen molar-refractivity contribution in [1.29, 1.82) is 0 Å². The van der Waals surface area contributed by atoms with Crippen LogP contribution in [0.2, 0.25) is 5.02 Å². The van der Waals surface area contributed by atoms with Gasteiger partial charge < -0.3 is 9.15 Å². The van der Waals surface area contributed by atoms with Crippen LogP contribution in [0.15, 0.2) is 93.4 Å². The van der Waals surface area contributed by atoms with Gasteiger partial charge in [0, 0.05) is 10.6 Å². The molecule has 0 atom stereocenters. The van der Waals surface area contributed by atoms with E-state index in [0.29, 0.717) is 33.9 Å². The molecule has 1 amide bonds. The third-order valence-electron chi connectivity index (χ3n) is 4.51. The van der Waals surface area contributed by atoms with Gasteiger partial charge in [0.05, 0.1) is 17.2 Å². The highest BCUT2D eigenvalue weighted by molar-refractivity contribution is 6.30. The van der Waals surface area contributed by atoms with Gasteiger partial charge in [0.25, 0.3) is 5.91 Å². The van der Waals surface area contributed by atoms with E-state index in [4.69, 9.17) is 20.8 Å². The smallest absolute Gasteiger partial charge is 0.271 e. The van der Waals surface area contributed by atoms with Gasteiger partial charge in [0.15, 0.2) is 0 Å². The summed E-state index contributed by atoms with van der Waals surface area (Å²) in [7, 11) is 0. The second-order valence-corrected chi connectivity index (χ2v) is 7.09. The molecule has 3 aromatic carbocycles. The average molecular weight is 433 g/mol. The summed E-state index contributed by atoms with van der Waals surface area (Å²) in [6, 6.07) is 21.0. The Hall–Kier alpha value is -3.90. The van der Waals surface area contributed by atoms with Crippen LogP contribution in [-0.4, -0.2) is 12.1 Å². The normalized spacial score (nSPS) is 11.0. The summed E-state index contributed by atoms with van der Waals surface area (Å²) in [5, 5.41) is 4.99. The number of nitrogens with zero attached hydrogens (tertiary/aromatic N) is 1. The molecule has 4 rings (SSSR count). The number of rotatable bonds is 6. The van der Waals surface area contributed by atoms with Crippen molar-refractivity contribution < 1.29 is 13.9 Å². The van der Waals surface area contributed by atoms with Crippen molar-refractivity contribution in [3.05, 3.63) is 111 Å². The molecule has 7 heteroatoms. The Morgan fingerprint density at radius 1 is 1.03 bits per heavy atom. The highest BCUT2D eigenvalue weighted by Crippen LogP contribution is 2.16. The van der Waals surface area contributed by atoms with Gasteiger partial charge in [-0.25, -0.2) is 5.43 Å². The Morgan fingerprint density at radius 3 is 2.55 bits per heavy atom. The van der Waals surface area contributed by atoms with E-state index in [2.05, 4.69) is 10.5 Å². The maximum atomic E-state index is 12.4. The molecule has 31 heavy (non-hydrogen) atoms. The van der Waals surface area contributed by atoms with Gasteiger partial charge in [0.1, 0.15) is 24.2 Å². The Bertz CT molecular complexity index is 1300. The van der Waals surface area contributed by atoms with E-state index in [0.717, 1.165) is 5.56 Å². The Balaban J connectivity index is 1.36. The number of hydrogen-bond acceptors (Lipinski definition) is 5. The molecule has 0 aliphatic heterocycles. The number of hydrogen-bond donors (Lipinski definition) is 1. The summed E-state index contributed by atoms with van der Waals surface area (Å²) in [4.78, 5) is 24.7. The van der Waals surface area contributed by atoms with Gasteiger partial charge in [0.2, 0.25) is 5.43 Å². The van der Waals surface area contributed by atoms with Crippen LogP contribution in [0.1, 0.15) is 21.5 Å². The zero-order valence-corrected chi connectivity index (χ0v) is 17.0. The van der Waals surface area contributed by atoms with Crippen LogP contribution in [0, 0.1) is 0 Å². The lowest BCUT2D eigenvalue weighted by atomic mass is 10.2. The first-order valence-corrected chi connectivity index (χ1v) is 9.79. The SMILES string of the molecule is O=C(N/N=C\c1coc2ccccc2c1=O)c1ccc(OCc2ccc(Cl)cc2)cc1. The van der Waals surface area contributed by atoms with Crippen molar-refractivity contribution in [3.63, 3.8) is 0 Å². The number of nitrogens with one attached hydrogen (secondary N) is 1. The number of amides is 1. The molecular weight excluding hydrogens is 416 g/mol. The zero-order valence-electron chi connectivity index (χ0n) is 16.2. The van der Waals surface area contributed by atoms with Gasteiger partial charge in [-0.2, -0.15) is 5.10 Å². The standard InChI is InChI=1S/C24H17ClN2O4/c25-19-9-5-16(6-10-19)14-30-20-11-7-17(8-12-20)24(29)27-26-13-18-15-31-22-4-2-1-3-21(22)23(18)28/h1-13,15H,14H2,(H,27,29)/b26-13-. The predicted molar refractivity (Wildman–Crippen MR) is 120 cm³/mol. The fraction of sp³-hybridized carbons (Fsp3) is 0.0417. The second-order valence-electron chi connectivity index (χ2n) is 6.65. The molecule has 0 spiro atoms. The molecular formula is C24H17ClN2O4. The molecule has 0 aliphatic carbocycles. The molecule has 0 bridgehead atoms. The maximum absolute atomic E-state index is 12.4. The molecule has 0 aliphatic rings. The minimum absolute atomic E-state index is 0.220. The van der Waals surface area contributed by atoms with Crippen LogP contribution in [0.4, 0.5) is 0 Å². The zero-order chi connectivity index (χ0) is 21.6. The summed E-state index contributed by atoms with van der Waals surface area (Å²) in [5.74, 6) is 0.217. The topological polar surface area (TPSA) is 80.9 Å². The second kappa shape index (κ2) is 9.28. The van der Waals surface area contributed by atoms with Gasteiger partial charge in [-0.3, -0.25) is 9.59 Å². The van der Waals surface area contributed by atoms with E-state index in [1.54, 1.807) is 60.7 Å². The third-order valence-corrected chi connectivity index (χ3v) is 4.76. The van der Waals surface area contributed by atoms with Crippen molar-refractivity contribution in [2.75, 3.05) is 0 Å². The van der Waals surface area contributed by atoms with Crippen molar-refractivity contribution in [1.82, 2.24) is 5.43 Å². The minimum Gasteiger partial charge on any atom is -0.489 e. The number of hydrazone groups is 1. The van der Waals surface area contributed by atoms with Crippen molar-refractivity contribution >= 4 is 34.7 Å². The van der Waals surface area contributed by atoms with Gasteiger partial charge in [-0.15, -0.1) is 0 Å². The van der Waals surface area contributed by atoms with Crippen molar-refractivity contribution in [3.8, 4) is 5.75 Å². The van der Waals surface area contributed by atoms with Crippen LogP contribution < -0.4 is 15.6 Å². The van der Waals surface area contributed by atoms with E-state index >= 15 is 0 Å². The fourth-order valence-corrected chi connectivity index (χ4v) is 2.98. The first-order valence-electron chi connectivity index (χ1n) is 9.41. The molecule has 1 heterocycles. The molecule has 1 N–H and O–H groups in total. The van der Waals surface area contributed by atoms with E-state index in [-0.39, 0.29) is 11.0 Å². The van der Waals surface area contributed by atoms with E-state index < -0.39 is 5.91 Å². The summed E-state index contributed by atoms with van der Waals surface area (Å²) >= 11 is 5.87. The Morgan fingerprint density at radius 2 is 1.77 bits per heavy atom. The van der Waals surface area contributed by atoms with Crippen LogP contribution in [0.25, 0.3) is 11.0 Å². The van der Waals surface area contributed by atoms with Crippen LogP contribution in [-0.2, 0) is 6.61 Å². The van der Waals surface area contributed by atoms with Gasteiger partial charge in [-0.05, 0) is 54.1 Å². The predicted octanol–water partition coefficient (Wildman–Crippen LogP) is 4.79. The fourth-order valence-electron chi connectivity index (χ4n) is 2.86. The van der Waals surface area contributed by atoms with Gasteiger partial charge >= 0.3 is 0 Å². The lowest BCUT2D eigenvalue weighted by Gasteiger charge is -2.07. The van der Waals surface area contributed by atoms with Crippen molar-refractivity contribution in [2.24, 2.45) is 5.10 Å². The summed E-state index contributed by atoms with van der Waals surface area (Å²) in [5.41, 5.74) is 4.30.